The average molecular weight is 286 g/mol. The molecule has 0 atom stereocenters. The lowest BCUT2D eigenvalue weighted by atomic mass is 10.1. The fraction of sp³-hybridized carbons (Fsp3) is 0.133. The molecule has 102 valence electrons. The van der Waals surface area contributed by atoms with E-state index in [1.807, 2.05) is 19.2 Å². The van der Waals surface area contributed by atoms with Crippen LogP contribution in [0.3, 0.4) is 0 Å². The molecule has 0 spiro atoms. The summed E-state index contributed by atoms with van der Waals surface area (Å²) in [6.45, 7) is 0.500. The second-order valence-electron chi connectivity index (χ2n) is 4.65. The van der Waals surface area contributed by atoms with Crippen LogP contribution in [0.2, 0.25) is 0 Å². The Morgan fingerprint density at radius 2 is 1.85 bits per heavy atom. The summed E-state index contributed by atoms with van der Waals surface area (Å²) in [7, 11) is 1.99. The number of hydrogen-bond acceptors (Lipinski definition) is 4. The number of benzene rings is 2. The van der Waals surface area contributed by atoms with Crippen molar-refractivity contribution in [3.63, 3.8) is 0 Å². The Hall–Kier alpha value is -1.98. The summed E-state index contributed by atoms with van der Waals surface area (Å²) in [5.41, 5.74) is 9.19. The molecule has 0 unspecified atom stereocenters. The maximum atomic E-state index is 11.1. The number of carbonyl (C=O) groups is 1. The largest absolute Gasteiger partial charge is 0.478 e. The molecule has 0 saturated heterocycles. The Balaban J connectivity index is 2.09. The number of nitrogens with two attached hydrogens (primary N) is 1. The molecule has 1 aliphatic heterocycles. The molecule has 0 saturated carbocycles. The minimum atomic E-state index is -0.905. The normalized spacial score (nSPS) is 12.8. The van der Waals surface area contributed by atoms with Gasteiger partial charge in [0.1, 0.15) is 0 Å². The molecular formula is C15H14N2O2S. The van der Waals surface area contributed by atoms with Gasteiger partial charge in [0, 0.05) is 23.4 Å². The third kappa shape index (κ3) is 2.05. The summed E-state index contributed by atoms with van der Waals surface area (Å²) in [5, 5.41) is 9.09. The van der Waals surface area contributed by atoms with Crippen LogP contribution in [0.15, 0.2) is 46.2 Å². The van der Waals surface area contributed by atoms with Gasteiger partial charge in [-0.3, -0.25) is 0 Å². The van der Waals surface area contributed by atoms with Crippen LogP contribution in [-0.4, -0.2) is 18.1 Å². The van der Waals surface area contributed by atoms with Crippen molar-refractivity contribution in [2.45, 2.75) is 16.3 Å². The van der Waals surface area contributed by atoms with Crippen molar-refractivity contribution in [2.24, 2.45) is 5.73 Å². The number of carboxylic acid groups (broad SMARTS) is 1. The summed E-state index contributed by atoms with van der Waals surface area (Å²) in [5.74, 6) is -0.905. The maximum Gasteiger partial charge on any atom is 0.335 e. The third-order valence-electron chi connectivity index (χ3n) is 3.41. The van der Waals surface area contributed by atoms with Crippen LogP contribution < -0.4 is 10.6 Å². The van der Waals surface area contributed by atoms with E-state index in [-0.39, 0.29) is 0 Å². The van der Waals surface area contributed by atoms with Crippen molar-refractivity contribution in [3.05, 3.63) is 47.5 Å². The predicted molar refractivity (Wildman–Crippen MR) is 79.9 cm³/mol. The summed E-state index contributed by atoms with van der Waals surface area (Å²) >= 11 is 1.59. The van der Waals surface area contributed by atoms with Crippen LogP contribution in [-0.2, 0) is 6.54 Å². The average Bonchev–Trinajstić information content (AvgIpc) is 2.46. The van der Waals surface area contributed by atoms with E-state index in [1.54, 1.807) is 23.9 Å². The molecule has 1 heterocycles. The molecule has 3 N–H and O–H groups in total. The van der Waals surface area contributed by atoms with E-state index in [0.717, 1.165) is 26.7 Å². The van der Waals surface area contributed by atoms with Crippen molar-refractivity contribution < 1.29 is 9.90 Å². The number of aromatic carboxylic acids is 1. The summed E-state index contributed by atoms with van der Waals surface area (Å²) in [6.07, 6.45) is 0. The SMILES string of the molecule is CN1c2ccc(CN)cc2Sc2cc(C(=O)O)ccc21. The highest BCUT2D eigenvalue weighted by atomic mass is 32.2. The van der Waals surface area contributed by atoms with Crippen molar-refractivity contribution in [2.75, 3.05) is 11.9 Å². The van der Waals surface area contributed by atoms with Gasteiger partial charge >= 0.3 is 5.97 Å². The second-order valence-corrected chi connectivity index (χ2v) is 5.74. The van der Waals surface area contributed by atoms with E-state index in [2.05, 4.69) is 17.0 Å². The first-order valence-electron chi connectivity index (χ1n) is 6.22. The molecule has 0 amide bonds. The van der Waals surface area contributed by atoms with E-state index < -0.39 is 5.97 Å². The highest BCUT2D eigenvalue weighted by Crippen LogP contribution is 2.47. The second kappa shape index (κ2) is 4.85. The first-order valence-corrected chi connectivity index (χ1v) is 7.03. The van der Waals surface area contributed by atoms with Gasteiger partial charge < -0.3 is 15.7 Å². The quantitative estimate of drug-likeness (QED) is 0.888. The van der Waals surface area contributed by atoms with Crippen LogP contribution >= 0.6 is 11.8 Å². The number of anilines is 2. The molecule has 0 bridgehead atoms. The Morgan fingerprint density at radius 1 is 1.20 bits per heavy atom. The molecule has 0 radical (unpaired) electrons. The maximum absolute atomic E-state index is 11.1. The van der Waals surface area contributed by atoms with Crippen molar-refractivity contribution in [3.8, 4) is 0 Å². The zero-order valence-corrected chi connectivity index (χ0v) is 11.8. The fourth-order valence-electron chi connectivity index (χ4n) is 2.30. The topological polar surface area (TPSA) is 66.6 Å². The standard InChI is InChI=1S/C15H14N2O2S/c1-17-11-4-2-9(8-16)6-13(11)20-14-7-10(15(18)19)3-5-12(14)17/h2-7H,8,16H2,1H3,(H,18,19). The zero-order valence-electron chi connectivity index (χ0n) is 11.0. The molecular weight excluding hydrogens is 272 g/mol. The van der Waals surface area contributed by atoms with Gasteiger partial charge in [-0.2, -0.15) is 0 Å². The van der Waals surface area contributed by atoms with Crippen LogP contribution in [0.4, 0.5) is 11.4 Å². The number of nitrogens with zero attached hydrogens (tertiary/aromatic N) is 1. The van der Waals surface area contributed by atoms with Crippen LogP contribution in [0.5, 0.6) is 0 Å². The zero-order chi connectivity index (χ0) is 14.3. The third-order valence-corrected chi connectivity index (χ3v) is 4.50. The summed E-state index contributed by atoms with van der Waals surface area (Å²) < 4.78 is 0. The van der Waals surface area contributed by atoms with Crippen molar-refractivity contribution >= 4 is 29.1 Å². The van der Waals surface area contributed by atoms with Gasteiger partial charge in [-0.25, -0.2) is 4.79 Å². The van der Waals surface area contributed by atoms with E-state index in [4.69, 9.17) is 10.8 Å². The van der Waals surface area contributed by atoms with E-state index in [1.165, 1.54) is 0 Å². The minimum absolute atomic E-state index is 0.308. The molecule has 4 nitrogen and oxygen atoms in total. The molecule has 20 heavy (non-hydrogen) atoms. The Morgan fingerprint density at radius 3 is 2.50 bits per heavy atom. The van der Waals surface area contributed by atoms with E-state index in [0.29, 0.717) is 12.1 Å². The fourth-order valence-corrected chi connectivity index (χ4v) is 3.55. The summed E-state index contributed by atoms with van der Waals surface area (Å²) in [6, 6.07) is 11.3. The molecule has 2 aromatic carbocycles. The lowest BCUT2D eigenvalue weighted by Gasteiger charge is -2.29. The predicted octanol–water partition coefficient (Wildman–Crippen LogP) is 3.08. The van der Waals surface area contributed by atoms with Gasteiger partial charge in [-0.05, 0) is 35.9 Å². The lowest BCUT2D eigenvalue weighted by molar-refractivity contribution is 0.0696. The molecule has 0 aromatic heterocycles. The number of carboxylic acids is 1. The molecule has 1 aliphatic rings. The van der Waals surface area contributed by atoms with Gasteiger partial charge in [-0.1, -0.05) is 17.8 Å². The Kier molecular flexibility index (Phi) is 3.16. The Labute approximate surface area is 121 Å². The van der Waals surface area contributed by atoms with E-state index in [9.17, 15) is 4.79 Å². The van der Waals surface area contributed by atoms with Gasteiger partial charge in [0.2, 0.25) is 0 Å². The van der Waals surface area contributed by atoms with Crippen LogP contribution in [0.25, 0.3) is 0 Å². The smallest absolute Gasteiger partial charge is 0.335 e. The molecule has 2 aromatic rings. The number of fused-ring (bicyclic) bond motifs is 2. The highest BCUT2D eigenvalue weighted by Gasteiger charge is 2.22. The van der Waals surface area contributed by atoms with Crippen molar-refractivity contribution in [1.29, 1.82) is 0 Å². The van der Waals surface area contributed by atoms with Gasteiger partial charge in [0.15, 0.2) is 0 Å². The molecule has 5 heteroatoms. The first kappa shape index (κ1) is 13.0. The first-order chi connectivity index (χ1) is 9.60. The van der Waals surface area contributed by atoms with Crippen LogP contribution in [0.1, 0.15) is 15.9 Å². The number of hydrogen-bond donors (Lipinski definition) is 2. The lowest BCUT2D eigenvalue weighted by Crippen LogP contribution is -2.15. The van der Waals surface area contributed by atoms with Gasteiger partial charge in [0.25, 0.3) is 0 Å². The Bertz CT molecular complexity index is 700. The van der Waals surface area contributed by atoms with Crippen molar-refractivity contribution in [1.82, 2.24) is 0 Å². The van der Waals surface area contributed by atoms with E-state index >= 15 is 0 Å². The molecule has 3 rings (SSSR count). The minimum Gasteiger partial charge on any atom is -0.478 e. The monoisotopic (exact) mass is 286 g/mol. The molecule has 0 aliphatic carbocycles. The van der Waals surface area contributed by atoms with Gasteiger partial charge in [0.05, 0.1) is 16.9 Å². The highest BCUT2D eigenvalue weighted by molar-refractivity contribution is 7.99. The van der Waals surface area contributed by atoms with Gasteiger partial charge in [-0.15, -0.1) is 0 Å². The molecule has 0 fully saturated rings. The number of rotatable bonds is 2. The summed E-state index contributed by atoms with van der Waals surface area (Å²) in [4.78, 5) is 15.2. The van der Waals surface area contributed by atoms with Crippen LogP contribution in [0, 0.1) is 0 Å².